The van der Waals surface area contributed by atoms with E-state index in [1.807, 2.05) is 6.07 Å². The molecule has 3 aliphatic rings. The Bertz CT molecular complexity index is 1080. The number of nitrogens with zero attached hydrogens (tertiary/aromatic N) is 2. The number of esters is 1. The van der Waals surface area contributed by atoms with Crippen molar-refractivity contribution >= 4 is 23.4 Å². The summed E-state index contributed by atoms with van der Waals surface area (Å²) in [5.41, 5.74) is 1.40. The van der Waals surface area contributed by atoms with Gasteiger partial charge in [0.25, 0.3) is 0 Å². The number of hydrogen-bond acceptors (Lipinski definition) is 6. The molecule has 1 N–H and O–H groups in total. The van der Waals surface area contributed by atoms with E-state index in [2.05, 4.69) is 9.88 Å². The number of carbonyl (C=O) groups excluding carboxylic acids is 1. The number of halogens is 2. The quantitative estimate of drug-likeness (QED) is 0.671. The van der Waals surface area contributed by atoms with Crippen LogP contribution in [-0.2, 0) is 16.6 Å². The highest BCUT2D eigenvalue weighted by molar-refractivity contribution is 6.30. The highest BCUT2D eigenvalue weighted by atomic mass is 35.5. The predicted molar refractivity (Wildman–Crippen MR) is 123 cm³/mol. The number of ether oxygens (including phenoxy) is 2. The Morgan fingerprint density at radius 1 is 1.33 bits per heavy atom. The molecule has 0 bridgehead atoms. The van der Waals surface area contributed by atoms with E-state index in [1.165, 1.54) is 7.11 Å². The summed E-state index contributed by atoms with van der Waals surface area (Å²) < 4.78 is 26.1. The maximum atomic E-state index is 15.0. The van der Waals surface area contributed by atoms with Crippen LogP contribution in [0.15, 0.2) is 24.3 Å². The molecule has 1 aromatic heterocycles. The number of aliphatic hydroxyl groups is 1. The Morgan fingerprint density at radius 2 is 2.15 bits per heavy atom. The molecular formula is C25H28ClFN2O4. The van der Waals surface area contributed by atoms with Crippen LogP contribution in [0.1, 0.15) is 47.3 Å². The van der Waals surface area contributed by atoms with Gasteiger partial charge < -0.3 is 19.5 Å². The second-order valence-electron chi connectivity index (χ2n) is 9.48. The van der Waals surface area contributed by atoms with Crippen molar-refractivity contribution in [2.45, 2.75) is 37.5 Å². The van der Waals surface area contributed by atoms with Crippen molar-refractivity contribution in [1.82, 2.24) is 4.98 Å². The zero-order valence-corrected chi connectivity index (χ0v) is 19.4. The number of methoxy groups -OCH3 is 1. The molecule has 2 heterocycles. The van der Waals surface area contributed by atoms with E-state index in [0.29, 0.717) is 49.2 Å². The summed E-state index contributed by atoms with van der Waals surface area (Å²) in [6, 6.07) is 6.93. The fourth-order valence-corrected chi connectivity index (χ4v) is 5.81. The number of fused-ring (bicyclic) bond motifs is 3. The summed E-state index contributed by atoms with van der Waals surface area (Å²) in [6.07, 6.45) is 4.37. The van der Waals surface area contributed by atoms with Gasteiger partial charge >= 0.3 is 5.97 Å². The molecule has 2 aliphatic carbocycles. The Kier molecular flexibility index (Phi) is 5.95. The van der Waals surface area contributed by atoms with Gasteiger partial charge in [-0.05, 0) is 73.3 Å². The molecule has 176 valence electrons. The lowest BCUT2D eigenvalue weighted by Crippen LogP contribution is -2.49. The molecule has 1 spiro atoms. The summed E-state index contributed by atoms with van der Waals surface area (Å²) in [4.78, 5) is 19.0. The predicted octanol–water partition coefficient (Wildman–Crippen LogP) is 4.15. The lowest BCUT2D eigenvalue weighted by molar-refractivity contribution is 0.0594. The molecule has 1 unspecified atom stereocenters. The lowest BCUT2D eigenvalue weighted by Gasteiger charge is -2.44. The summed E-state index contributed by atoms with van der Waals surface area (Å²) in [5, 5.41) is 9.88. The maximum absolute atomic E-state index is 15.0. The number of aliphatic hydroxyl groups excluding tert-OH is 1. The largest absolute Gasteiger partial charge is 0.489 e. The van der Waals surface area contributed by atoms with Crippen molar-refractivity contribution in [3.63, 3.8) is 0 Å². The van der Waals surface area contributed by atoms with Gasteiger partial charge in [-0.25, -0.2) is 14.2 Å². The van der Waals surface area contributed by atoms with Crippen LogP contribution in [0.25, 0.3) is 0 Å². The van der Waals surface area contributed by atoms with Gasteiger partial charge in [-0.15, -0.1) is 0 Å². The van der Waals surface area contributed by atoms with Gasteiger partial charge in [0.1, 0.15) is 5.82 Å². The molecule has 1 aliphatic heterocycles. The number of rotatable bonds is 4. The maximum Gasteiger partial charge on any atom is 0.356 e. The van der Waals surface area contributed by atoms with Crippen LogP contribution in [0.3, 0.4) is 0 Å². The van der Waals surface area contributed by atoms with Gasteiger partial charge in [0.05, 0.1) is 18.7 Å². The topological polar surface area (TPSA) is 71.9 Å². The molecule has 0 saturated heterocycles. The third kappa shape index (κ3) is 3.85. The molecule has 5 rings (SSSR count). The van der Waals surface area contributed by atoms with Crippen molar-refractivity contribution in [2.75, 3.05) is 38.3 Å². The van der Waals surface area contributed by atoms with E-state index < -0.39 is 11.4 Å². The zero-order valence-electron chi connectivity index (χ0n) is 18.7. The average molecular weight is 475 g/mol. The average Bonchev–Trinajstić information content (AvgIpc) is 2.96. The normalized spacial score (nSPS) is 26.0. The minimum atomic E-state index is -0.506. The van der Waals surface area contributed by atoms with Gasteiger partial charge in [0.2, 0.25) is 0 Å². The van der Waals surface area contributed by atoms with Gasteiger partial charge in [-0.2, -0.15) is 0 Å². The minimum absolute atomic E-state index is 0.144. The van der Waals surface area contributed by atoms with E-state index in [1.54, 1.807) is 18.2 Å². The fourth-order valence-electron chi connectivity index (χ4n) is 5.63. The first-order chi connectivity index (χ1) is 16.0. The van der Waals surface area contributed by atoms with Crippen molar-refractivity contribution in [3.05, 3.63) is 51.9 Å². The fraction of sp³-hybridized carbons (Fsp3) is 0.520. The van der Waals surface area contributed by atoms with E-state index >= 15 is 0 Å². The Balaban J connectivity index is 1.57. The third-order valence-corrected chi connectivity index (χ3v) is 7.94. The van der Waals surface area contributed by atoms with E-state index in [9.17, 15) is 14.3 Å². The monoisotopic (exact) mass is 474 g/mol. The third-order valence-electron chi connectivity index (χ3n) is 7.64. The molecule has 1 fully saturated rings. The summed E-state index contributed by atoms with van der Waals surface area (Å²) in [5.74, 6) is 0.931. The van der Waals surface area contributed by atoms with E-state index in [-0.39, 0.29) is 29.1 Å². The van der Waals surface area contributed by atoms with Crippen LogP contribution in [-0.4, -0.2) is 49.5 Å². The highest BCUT2D eigenvalue weighted by Gasteiger charge is 2.44. The lowest BCUT2D eigenvalue weighted by atomic mass is 9.69. The van der Waals surface area contributed by atoms with Crippen LogP contribution in [0.4, 0.5) is 10.2 Å². The van der Waals surface area contributed by atoms with Crippen LogP contribution < -0.4 is 9.64 Å². The van der Waals surface area contributed by atoms with Crippen LogP contribution in [0.2, 0.25) is 5.02 Å². The van der Waals surface area contributed by atoms with Gasteiger partial charge in [0.15, 0.2) is 17.3 Å². The van der Waals surface area contributed by atoms with Crippen molar-refractivity contribution < 1.29 is 23.8 Å². The Labute approximate surface area is 197 Å². The van der Waals surface area contributed by atoms with Crippen molar-refractivity contribution in [1.29, 1.82) is 0 Å². The zero-order chi connectivity index (χ0) is 23.2. The molecule has 3 atom stereocenters. The molecule has 6 nitrogen and oxygen atoms in total. The molecule has 33 heavy (non-hydrogen) atoms. The highest BCUT2D eigenvalue weighted by Crippen LogP contribution is 2.46. The Morgan fingerprint density at radius 3 is 2.88 bits per heavy atom. The SMILES string of the molecule is COC(=O)c1ccc2c(n1)N(C[C@@H]1CC[C@H]1CO)CC1(CCCc3c1ccc(Cl)c3F)CO2. The smallest absolute Gasteiger partial charge is 0.356 e. The number of aromatic nitrogens is 1. The van der Waals surface area contributed by atoms with E-state index in [4.69, 9.17) is 21.1 Å². The number of anilines is 1. The van der Waals surface area contributed by atoms with Crippen LogP contribution in [0, 0.1) is 17.7 Å². The van der Waals surface area contributed by atoms with Gasteiger partial charge in [-0.1, -0.05) is 17.7 Å². The second kappa shape index (κ2) is 8.76. The summed E-state index contributed by atoms with van der Waals surface area (Å²) >= 11 is 6.10. The van der Waals surface area contributed by atoms with E-state index in [0.717, 1.165) is 31.2 Å². The van der Waals surface area contributed by atoms with Crippen molar-refractivity contribution in [2.24, 2.45) is 11.8 Å². The first-order valence-corrected chi connectivity index (χ1v) is 11.9. The Hall–Kier alpha value is -2.38. The van der Waals surface area contributed by atoms with Gasteiger partial charge in [-0.3, -0.25) is 0 Å². The molecular weight excluding hydrogens is 447 g/mol. The molecule has 0 radical (unpaired) electrons. The summed E-state index contributed by atoms with van der Waals surface area (Å²) in [6.45, 7) is 1.82. The first kappa shape index (κ1) is 22.4. The second-order valence-corrected chi connectivity index (χ2v) is 9.89. The standard InChI is InChI=1S/C25H28ClFN2O4/c1-32-24(31)20-8-9-21-23(28-20)29(11-15-4-5-16(15)12-30)13-25(14-33-21)10-2-3-17-18(25)6-7-19(26)22(17)27/h6-9,15-16,30H,2-5,10-14H2,1H3/t15-,16-,25?/m0/s1. The molecule has 1 saturated carbocycles. The van der Waals surface area contributed by atoms with Crippen LogP contribution >= 0.6 is 11.6 Å². The summed E-state index contributed by atoms with van der Waals surface area (Å²) in [7, 11) is 1.33. The molecule has 2 aromatic rings. The number of benzene rings is 1. The molecule has 1 aromatic carbocycles. The molecule has 8 heteroatoms. The van der Waals surface area contributed by atoms with Crippen molar-refractivity contribution in [3.8, 4) is 5.75 Å². The number of hydrogen-bond donors (Lipinski definition) is 1. The first-order valence-electron chi connectivity index (χ1n) is 11.5. The van der Waals surface area contributed by atoms with Crippen LogP contribution in [0.5, 0.6) is 5.75 Å². The molecule has 0 amide bonds. The minimum Gasteiger partial charge on any atom is -0.489 e. The van der Waals surface area contributed by atoms with Gasteiger partial charge in [0, 0.05) is 25.1 Å². The number of pyridine rings is 1. The number of carbonyl (C=O) groups is 1.